The van der Waals surface area contributed by atoms with E-state index in [4.69, 9.17) is 20.2 Å². The zero-order valence-electron chi connectivity index (χ0n) is 16.3. The van der Waals surface area contributed by atoms with Crippen molar-refractivity contribution in [3.05, 3.63) is 28.6 Å². The summed E-state index contributed by atoms with van der Waals surface area (Å²) in [4.78, 5) is 31.5. The first-order valence-electron chi connectivity index (χ1n) is 9.69. The van der Waals surface area contributed by atoms with Gasteiger partial charge in [-0.05, 0) is 37.0 Å². The van der Waals surface area contributed by atoms with Crippen LogP contribution in [0.4, 0.5) is 10.9 Å². The first-order valence-corrected chi connectivity index (χ1v) is 10.5. The van der Waals surface area contributed by atoms with Gasteiger partial charge in [0.05, 0.1) is 12.0 Å². The second-order valence-corrected chi connectivity index (χ2v) is 8.24. The van der Waals surface area contributed by atoms with E-state index in [1.54, 1.807) is 17.4 Å². The quantitative estimate of drug-likeness (QED) is 0.749. The van der Waals surface area contributed by atoms with Gasteiger partial charge < -0.3 is 25.4 Å². The number of anilines is 2. The van der Waals surface area contributed by atoms with E-state index in [1.807, 2.05) is 12.1 Å². The Labute approximate surface area is 173 Å². The highest BCUT2D eigenvalue weighted by atomic mass is 32.1. The molecule has 0 radical (unpaired) electrons. The van der Waals surface area contributed by atoms with Crippen LogP contribution in [0, 0.1) is 0 Å². The van der Waals surface area contributed by atoms with Crippen molar-refractivity contribution >= 4 is 34.1 Å². The summed E-state index contributed by atoms with van der Waals surface area (Å²) in [6.07, 6.45) is 3.91. The minimum Gasteiger partial charge on any atom is -0.493 e. The van der Waals surface area contributed by atoms with E-state index in [0.29, 0.717) is 23.7 Å². The topological polar surface area (TPSA) is 107 Å². The molecule has 1 atom stereocenters. The maximum absolute atomic E-state index is 12.3. The third kappa shape index (κ3) is 4.14. The van der Waals surface area contributed by atoms with E-state index in [1.165, 1.54) is 26.4 Å². The predicted molar refractivity (Wildman–Crippen MR) is 111 cm³/mol. The number of primary amides is 1. The van der Waals surface area contributed by atoms with Crippen LogP contribution in [0.15, 0.2) is 18.2 Å². The number of nitrogens with two attached hydrogens (primary N) is 1. The van der Waals surface area contributed by atoms with E-state index < -0.39 is 5.91 Å². The van der Waals surface area contributed by atoms with Crippen LogP contribution in [0.25, 0.3) is 0 Å². The number of benzene rings is 1. The molecule has 9 heteroatoms. The number of aromatic nitrogens is 1. The number of fused-ring (bicyclic) bond motifs is 1. The fourth-order valence-corrected chi connectivity index (χ4v) is 4.97. The van der Waals surface area contributed by atoms with Gasteiger partial charge in [-0.3, -0.25) is 9.59 Å². The van der Waals surface area contributed by atoms with E-state index in [-0.39, 0.29) is 18.4 Å². The summed E-state index contributed by atoms with van der Waals surface area (Å²) in [5.74, 6) is 0.827. The number of rotatable bonds is 6. The Morgan fingerprint density at radius 2 is 2.10 bits per heavy atom. The van der Waals surface area contributed by atoms with Crippen LogP contribution in [0.5, 0.6) is 11.5 Å². The molecular formula is C20H24N4O4S. The average Bonchev–Trinajstić information content (AvgIpc) is 3.16. The molecular weight excluding hydrogens is 392 g/mol. The first-order chi connectivity index (χ1) is 14.0. The molecule has 1 saturated heterocycles. The normalized spacial score (nSPS) is 18.7. The minimum atomic E-state index is -0.564. The van der Waals surface area contributed by atoms with E-state index in [0.717, 1.165) is 28.7 Å². The van der Waals surface area contributed by atoms with Crippen molar-refractivity contribution in [1.82, 2.24) is 4.98 Å². The average molecular weight is 417 g/mol. The Morgan fingerprint density at radius 1 is 1.31 bits per heavy atom. The molecule has 1 aromatic heterocycles. The highest BCUT2D eigenvalue weighted by molar-refractivity contribution is 7.16. The van der Waals surface area contributed by atoms with Crippen LogP contribution in [-0.4, -0.2) is 43.6 Å². The molecule has 154 valence electrons. The summed E-state index contributed by atoms with van der Waals surface area (Å²) < 4.78 is 10.8. The van der Waals surface area contributed by atoms with Crippen LogP contribution in [0.1, 0.15) is 42.0 Å². The SMILES string of the molecule is COc1ccc(C2CC(=O)Nc3nc(N4CCCCC4)sc32)cc1OCC(N)=O. The summed E-state index contributed by atoms with van der Waals surface area (Å²) >= 11 is 1.63. The molecule has 3 N–H and O–H groups in total. The molecule has 2 aromatic rings. The van der Waals surface area contributed by atoms with Crippen LogP contribution in [-0.2, 0) is 9.59 Å². The fraction of sp³-hybridized carbons (Fsp3) is 0.450. The summed E-state index contributed by atoms with van der Waals surface area (Å²) in [6.45, 7) is 1.76. The summed E-state index contributed by atoms with van der Waals surface area (Å²) in [5.41, 5.74) is 6.11. The second-order valence-electron chi connectivity index (χ2n) is 7.23. The third-order valence-electron chi connectivity index (χ3n) is 5.19. The van der Waals surface area contributed by atoms with Gasteiger partial charge >= 0.3 is 0 Å². The molecule has 0 bridgehead atoms. The molecule has 1 fully saturated rings. The monoisotopic (exact) mass is 416 g/mol. The number of hydrogen-bond acceptors (Lipinski definition) is 7. The lowest BCUT2D eigenvalue weighted by Crippen LogP contribution is -2.29. The number of hydrogen-bond donors (Lipinski definition) is 2. The Hall–Kier alpha value is -2.81. The molecule has 1 unspecified atom stereocenters. The van der Waals surface area contributed by atoms with Crippen molar-refractivity contribution < 1.29 is 19.1 Å². The number of nitrogens with one attached hydrogen (secondary N) is 1. The number of thiazole rings is 1. The first kappa shape index (κ1) is 19.5. The van der Waals surface area contributed by atoms with E-state index >= 15 is 0 Å². The van der Waals surface area contributed by atoms with Crippen molar-refractivity contribution in [3.63, 3.8) is 0 Å². The zero-order valence-corrected chi connectivity index (χ0v) is 17.1. The summed E-state index contributed by atoms with van der Waals surface area (Å²) in [6, 6.07) is 5.52. The van der Waals surface area contributed by atoms with Crippen LogP contribution < -0.4 is 25.4 Å². The Bertz CT molecular complexity index is 923. The molecule has 2 aliphatic heterocycles. The zero-order chi connectivity index (χ0) is 20.4. The van der Waals surface area contributed by atoms with Gasteiger partial charge in [-0.1, -0.05) is 17.4 Å². The summed E-state index contributed by atoms with van der Waals surface area (Å²) in [5, 5.41) is 3.87. The van der Waals surface area contributed by atoms with Gasteiger partial charge in [-0.15, -0.1) is 0 Å². The molecule has 0 saturated carbocycles. The molecule has 1 aromatic carbocycles. The maximum atomic E-state index is 12.3. The highest BCUT2D eigenvalue weighted by Crippen LogP contribution is 2.45. The van der Waals surface area contributed by atoms with Crippen molar-refractivity contribution in [2.45, 2.75) is 31.6 Å². The number of piperidine rings is 1. The van der Waals surface area contributed by atoms with E-state index in [9.17, 15) is 9.59 Å². The molecule has 3 heterocycles. The van der Waals surface area contributed by atoms with Crippen molar-refractivity contribution in [2.75, 3.05) is 37.0 Å². The van der Waals surface area contributed by atoms with Gasteiger partial charge in [0.1, 0.15) is 5.82 Å². The molecule has 29 heavy (non-hydrogen) atoms. The number of ether oxygens (including phenoxy) is 2. The molecule has 4 rings (SSSR count). The van der Waals surface area contributed by atoms with Gasteiger partial charge in [-0.25, -0.2) is 4.98 Å². The van der Waals surface area contributed by atoms with Crippen LogP contribution in [0.3, 0.4) is 0 Å². The molecule has 2 amide bonds. The van der Waals surface area contributed by atoms with Crippen molar-refractivity contribution in [2.24, 2.45) is 5.73 Å². The van der Waals surface area contributed by atoms with Crippen molar-refractivity contribution in [3.8, 4) is 11.5 Å². The number of nitrogens with zero attached hydrogens (tertiary/aromatic N) is 2. The number of amides is 2. The lowest BCUT2D eigenvalue weighted by atomic mass is 9.91. The third-order valence-corrected chi connectivity index (χ3v) is 6.42. The number of carbonyl (C=O) groups is 2. The standard InChI is InChI=1S/C20H24N4O4S/c1-27-14-6-5-12(9-15(14)28-11-16(21)25)13-10-17(26)22-19-18(13)29-20(23-19)24-7-3-2-4-8-24/h5-6,9,13H,2-4,7-8,10-11H2,1H3,(H2,21,25)(H,22,26). The predicted octanol–water partition coefficient (Wildman–Crippen LogP) is 2.48. The minimum absolute atomic E-state index is 0.0617. The van der Waals surface area contributed by atoms with Crippen molar-refractivity contribution in [1.29, 1.82) is 0 Å². The van der Waals surface area contributed by atoms with E-state index in [2.05, 4.69) is 10.2 Å². The highest BCUT2D eigenvalue weighted by Gasteiger charge is 2.32. The lowest BCUT2D eigenvalue weighted by molar-refractivity contribution is -0.120. The number of methoxy groups -OCH3 is 1. The van der Waals surface area contributed by atoms with Gasteiger partial charge in [0.25, 0.3) is 5.91 Å². The Morgan fingerprint density at radius 3 is 2.83 bits per heavy atom. The Balaban J connectivity index is 1.67. The molecule has 2 aliphatic rings. The lowest BCUT2D eigenvalue weighted by Gasteiger charge is -2.25. The Kier molecular flexibility index (Phi) is 5.57. The van der Waals surface area contributed by atoms with Gasteiger partial charge in [0.2, 0.25) is 5.91 Å². The molecule has 8 nitrogen and oxygen atoms in total. The van der Waals surface area contributed by atoms with Crippen LogP contribution >= 0.6 is 11.3 Å². The maximum Gasteiger partial charge on any atom is 0.255 e. The second kappa shape index (κ2) is 8.28. The summed E-state index contributed by atoms with van der Waals surface area (Å²) in [7, 11) is 1.53. The largest absolute Gasteiger partial charge is 0.493 e. The smallest absolute Gasteiger partial charge is 0.255 e. The van der Waals surface area contributed by atoms with Gasteiger partial charge in [0.15, 0.2) is 23.2 Å². The molecule has 0 aliphatic carbocycles. The fourth-order valence-electron chi connectivity index (χ4n) is 3.77. The number of carbonyl (C=O) groups excluding carboxylic acids is 2. The van der Waals surface area contributed by atoms with Gasteiger partial charge in [0, 0.05) is 25.4 Å². The molecule has 0 spiro atoms. The van der Waals surface area contributed by atoms with Crippen LogP contribution in [0.2, 0.25) is 0 Å². The van der Waals surface area contributed by atoms with Gasteiger partial charge in [-0.2, -0.15) is 0 Å².